The number of H-pyrrole nitrogens is 1. The molecule has 1 heterocycles. The number of imidazole rings is 1. The number of benzene rings is 1. The van der Waals surface area contributed by atoms with Crippen LogP contribution < -0.4 is 5.73 Å². The van der Waals surface area contributed by atoms with E-state index in [1.807, 2.05) is 0 Å². The molecular formula is C9H7ClFN3S. The minimum absolute atomic E-state index is 0.0243. The highest BCUT2D eigenvalue weighted by atomic mass is 35.5. The summed E-state index contributed by atoms with van der Waals surface area (Å²) in [5.41, 5.74) is 6.13. The van der Waals surface area contributed by atoms with Gasteiger partial charge in [-0.3, -0.25) is 0 Å². The van der Waals surface area contributed by atoms with Gasteiger partial charge < -0.3 is 10.7 Å². The van der Waals surface area contributed by atoms with Gasteiger partial charge in [-0.25, -0.2) is 9.37 Å². The van der Waals surface area contributed by atoms with Gasteiger partial charge >= 0.3 is 0 Å². The first-order chi connectivity index (χ1) is 7.16. The van der Waals surface area contributed by atoms with E-state index in [0.717, 1.165) is 0 Å². The first-order valence-corrected chi connectivity index (χ1v) is 5.28. The molecule has 3 N–H and O–H groups in total. The Morgan fingerprint density at radius 1 is 1.47 bits per heavy atom. The molecule has 0 aliphatic rings. The summed E-state index contributed by atoms with van der Waals surface area (Å²) in [6.45, 7) is 0. The standard InChI is InChI=1S/C9H7ClFN3S/c10-5-3-7(12)8(4-6(5)11)15-9-13-1-2-14-9/h1-4H,12H2,(H,13,14). The third-order valence-electron chi connectivity index (χ3n) is 1.73. The zero-order valence-corrected chi connectivity index (χ0v) is 9.07. The van der Waals surface area contributed by atoms with Crippen molar-refractivity contribution >= 4 is 29.1 Å². The fourth-order valence-electron chi connectivity index (χ4n) is 1.04. The molecule has 0 saturated carbocycles. The van der Waals surface area contributed by atoms with Gasteiger partial charge in [0.05, 0.1) is 5.02 Å². The Bertz CT molecular complexity index is 472. The molecule has 0 aliphatic heterocycles. The van der Waals surface area contributed by atoms with E-state index in [0.29, 0.717) is 15.7 Å². The SMILES string of the molecule is Nc1cc(Cl)c(F)cc1Sc1ncc[nH]1. The van der Waals surface area contributed by atoms with Crippen LogP contribution in [0.1, 0.15) is 0 Å². The number of aromatic nitrogens is 2. The van der Waals surface area contributed by atoms with Crippen LogP contribution in [0.5, 0.6) is 0 Å². The van der Waals surface area contributed by atoms with Crippen LogP contribution in [-0.2, 0) is 0 Å². The average molecular weight is 244 g/mol. The third-order valence-corrected chi connectivity index (χ3v) is 3.01. The molecule has 0 amide bonds. The second kappa shape index (κ2) is 4.12. The fourth-order valence-corrected chi connectivity index (χ4v) is 2.00. The first kappa shape index (κ1) is 10.3. The predicted octanol–water partition coefficient (Wildman–Crippen LogP) is 2.94. The molecule has 2 rings (SSSR count). The lowest BCUT2D eigenvalue weighted by molar-refractivity contribution is 0.625. The summed E-state index contributed by atoms with van der Waals surface area (Å²) < 4.78 is 13.2. The summed E-state index contributed by atoms with van der Waals surface area (Å²) in [5.74, 6) is -0.486. The maximum absolute atomic E-state index is 13.2. The Labute approximate surface area is 94.8 Å². The summed E-state index contributed by atoms with van der Waals surface area (Å²) >= 11 is 6.83. The highest BCUT2D eigenvalue weighted by Crippen LogP contribution is 2.32. The van der Waals surface area contributed by atoms with E-state index < -0.39 is 5.82 Å². The number of nitrogens with one attached hydrogen (secondary N) is 1. The summed E-state index contributed by atoms with van der Waals surface area (Å²) in [7, 11) is 0. The number of rotatable bonds is 2. The number of anilines is 1. The Morgan fingerprint density at radius 2 is 2.27 bits per heavy atom. The van der Waals surface area contributed by atoms with E-state index in [4.69, 9.17) is 17.3 Å². The Kier molecular flexibility index (Phi) is 2.83. The molecule has 1 aromatic carbocycles. The summed E-state index contributed by atoms with van der Waals surface area (Å²) in [6, 6.07) is 2.69. The van der Waals surface area contributed by atoms with Crippen molar-refractivity contribution in [1.82, 2.24) is 9.97 Å². The molecule has 0 spiro atoms. The zero-order chi connectivity index (χ0) is 10.8. The van der Waals surface area contributed by atoms with E-state index in [9.17, 15) is 4.39 Å². The van der Waals surface area contributed by atoms with E-state index in [2.05, 4.69) is 9.97 Å². The number of halogens is 2. The molecule has 2 aromatic rings. The lowest BCUT2D eigenvalue weighted by Crippen LogP contribution is -1.91. The summed E-state index contributed by atoms with van der Waals surface area (Å²) in [6.07, 6.45) is 3.30. The van der Waals surface area contributed by atoms with E-state index >= 15 is 0 Å². The van der Waals surface area contributed by atoms with Crippen molar-refractivity contribution in [2.75, 3.05) is 5.73 Å². The maximum atomic E-state index is 13.2. The molecule has 78 valence electrons. The van der Waals surface area contributed by atoms with Crippen LogP contribution in [0.4, 0.5) is 10.1 Å². The fraction of sp³-hybridized carbons (Fsp3) is 0. The van der Waals surface area contributed by atoms with E-state index in [-0.39, 0.29) is 5.02 Å². The second-order valence-corrected chi connectivity index (χ2v) is 4.24. The van der Waals surface area contributed by atoms with Crippen LogP contribution in [0.2, 0.25) is 5.02 Å². The van der Waals surface area contributed by atoms with Crippen LogP contribution in [0.3, 0.4) is 0 Å². The van der Waals surface area contributed by atoms with E-state index in [1.165, 1.54) is 23.9 Å². The van der Waals surface area contributed by atoms with Gasteiger partial charge in [-0.05, 0) is 23.9 Å². The first-order valence-electron chi connectivity index (χ1n) is 4.08. The number of aromatic amines is 1. The topological polar surface area (TPSA) is 54.7 Å². The molecule has 6 heteroatoms. The lowest BCUT2D eigenvalue weighted by atomic mass is 10.3. The van der Waals surface area contributed by atoms with Crippen LogP contribution in [-0.4, -0.2) is 9.97 Å². The molecule has 0 atom stereocenters. The van der Waals surface area contributed by atoms with Crippen LogP contribution in [0.15, 0.2) is 34.6 Å². The molecule has 1 aromatic heterocycles. The molecule has 0 fully saturated rings. The van der Waals surface area contributed by atoms with Crippen molar-refractivity contribution in [3.05, 3.63) is 35.4 Å². The highest BCUT2D eigenvalue weighted by Gasteiger charge is 2.08. The predicted molar refractivity (Wildman–Crippen MR) is 58.5 cm³/mol. The van der Waals surface area contributed by atoms with Crippen LogP contribution in [0.25, 0.3) is 0 Å². The van der Waals surface area contributed by atoms with Gasteiger partial charge in [0.2, 0.25) is 0 Å². The van der Waals surface area contributed by atoms with Gasteiger partial charge in [-0.2, -0.15) is 0 Å². The molecule has 15 heavy (non-hydrogen) atoms. The lowest BCUT2D eigenvalue weighted by Gasteiger charge is -2.04. The molecule has 0 aliphatic carbocycles. The largest absolute Gasteiger partial charge is 0.398 e. The minimum atomic E-state index is -0.486. The van der Waals surface area contributed by atoms with Gasteiger partial charge in [-0.1, -0.05) is 11.6 Å². The molecular weight excluding hydrogens is 237 g/mol. The molecule has 3 nitrogen and oxygen atoms in total. The van der Waals surface area contributed by atoms with Crippen LogP contribution in [0, 0.1) is 5.82 Å². The quantitative estimate of drug-likeness (QED) is 0.798. The number of hydrogen-bond acceptors (Lipinski definition) is 3. The van der Waals surface area contributed by atoms with Gasteiger partial charge in [0, 0.05) is 23.0 Å². The number of nitrogens with two attached hydrogens (primary N) is 1. The van der Waals surface area contributed by atoms with Crippen molar-refractivity contribution in [2.24, 2.45) is 0 Å². The maximum Gasteiger partial charge on any atom is 0.170 e. The Morgan fingerprint density at radius 3 is 2.93 bits per heavy atom. The molecule has 0 radical (unpaired) electrons. The van der Waals surface area contributed by atoms with Crippen molar-refractivity contribution in [2.45, 2.75) is 10.1 Å². The van der Waals surface area contributed by atoms with Crippen LogP contribution >= 0.6 is 23.4 Å². The van der Waals surface area contributed by atoms with Gasteiger partial charge in [0.25, 0.3) is 0 Å². The van der Waals surface area contributed by atoms with Crippen molar-refractivity contribution < 1.29 is 4.39 Å². The smallest absolute Gasteiger partial charge is 0.170 e. The highest BCUT2D eigenvalue weighted by molar-refractivity contribution is 7.99. The Hall–Kier alpha value is -1.20. The van der Waals surface area contributed by atoms with Gasteiger partial charge in [0.15, 0.2) is 5.16 Å². The second-order valence-electron chi connectivity index (χ2n) is 2.80. The van der Waals surface area contributed by atoms with Crippen molar-refractivity contribution in [3.63, 3.8) is 0 Å². The number of hydrogen-bond donors (Lipinski definition) is 2. The molecule has 0 saturated heterocycles. The minimum Gasteiger partial charge on any atom is -0.398 e. The zero-order valence-electron chi connectivity index (χ0n) is 7.50. The van der Waals surface area contributed by atoms with E-state index in [1.54, 1.807) is 12.4 Å². The molecule has 0 unspecified atom stereocenters. The van der Waals surface area contributed by atoms with Gasteiger partial charge in [0.1, 0.15) is 5.82 Å². The van der Waals surface area contributed by atoms with Gasteiger partial charge in [-0.15, -0.1) is 0 Å². The average Bonchev–Trinajstić information content (AvgIpc) is 2.67. The third kappa shape index (κ3) is 2.24. The summed E-state index contributed by atoms with van der Waals surface area (Å²) in [4.78, 5) is 7.48. The van der Waals surface area contributed by atoms with Crippen molar-refractivity contribution in [1.29, 1.82) is 0 Å². The molecule has 0 bridgehead atoms. The number of nitrogens with zero attached hydrogens (tertiary/aromatic N) is 1. The normalized spacial score (nSPS) is 10.5. The monoisotopic (exact) mass is 243 g/mol. The Balaban J connectivity index is 2.33. The number of nitrogen functional groups attached to an aromatic ring is 1. The van der Waals surface area contributed by atoms with Crippen molar-refractivity contribution in [3.8, 4) is 0 Å². The summed E-state index contributed by atoms with van der Waals surface area (Å²) in [5, 5.41) is 0.680.